The molecule has 0 saturated heterocycles. The molecule has 2 N–H and O–H groups in total. The van der Waals surface area contributed by atoms with Gasteiger partial charge in [-0.1, -0.05) is 50.2 Å². The Labute approximate surface area is 171 Å². The van der Waals surface area contributed by atoms with Crippen LogP contribution in [-0.2, 0) is 15.0 Å². The summed E-state index contributed by atoms with van der Waals surface area (Å²) in [5.41, 5.74) is 1.50. The highest BCUT2D eigenvalue weighted by Gasteiger charge is 2.29. The molecule has 0 heterocycles. The summed E-state index contributed by atoms with van der Waals surface area (Å²) in [5.74, 6) is -0.250. The highest BCUT2D eigenvalue weighted by molar-refractivity contribution is 5.66. The lowest BCUT2D eigenvalue weighted by Gasteiger charge is -2.30. The van der Waals surface area contributed by atoms with E-state index in [1.165, 1.54) is 0 Å². The van der Waals surface area contributed by atoms with Gasteiger partial charge in [0.05, 0.1) is 13.2 Å². The van der Waals surface area contributed by atoms with Crippen molar-refractivity contribution in [2.45, 2.75) is 44.9 Å². The minimum absolute atomic E-state index is 0.0680. The zero-order chi connectivity index (χ0) is 21.3. The number of rotatable bonds is 12. The second kappa shape index (κ2) is 10.5. The Balaban J connectivity index is 2.20. The van der Waals surface area contributed by atoms with Crippen LogP contribution in [0.4, 0.5) is 0 Å². The van der Waals surface area contributed by atoms with E-state index in [9.17, 15) is 9.59 Å². The molecular weight excluding hydrogens is 372 g/mol. The standard InChI is InChI=1S/C23H28O6/c1-23(2,17-9-3-5-11-19(17)28-15-7-13-21(24)25)18-10-4-6-12-20(18)29-16-8-14-22(26)27/h3-6,9-12H,7-8,13-16H2,1-2H3,(H,24,25)(H,26,27). The third-order valence-electron chi connectivity index (χ3n) is 4.71. The number of carboxylic acid groups (broad SMARTS) is 2. The Bertz CT molecular complexity index is 760. The Morgan fingerprint density at radius 2 is 1.14 bits per heavy atom. The third-order valence-corrected chi connectivity index (χ3v) is 4.71. The monoisotopic (exact) mass is 400 g/mol. The summed E-state index contributed by atoms with van der Waals surface area (Å²) in [6.07, 6.45) is 1.01. The van der Waals surface area contributed by atoms with Crippen molar-refractivity contribution in [2.75, 3.05) is 13.2 Å². The van der Waals surface area contributed by atoms with Crippen LogP contribution in [-0.4, -0.2) is 35.4 Å². The molecular formula is C23H28O6. The quantitative estimate of drug-likeness (QED) is 0.510. The molecule has 0 bridgehead atoms. The van der Waals surface area contributed by atoms with Gasteiger partial charge in [-0.2, -0.15) is 0 Å². The van der Waals surface area contributed by atoms with Crippen LogP contribution in [0.2, 0.25) is 0 Å². The maximum atomic E-state index is 10.7. The smallest absolute Gasteiger partial charge is 0.303 e. The van der Waals surface area contributed by atoms with Gasteiger partial charge >= 0.3 is 11.9 Å². The first-order chi connectivity index (χ1) is 13.8. The van der Waals surface area contributed by atoms with Crippen molar-refractivity contribution in [3.8, 4) is 11.5 Å². The van der Waals surface area contributed by atoms with E-state index in [1.54, 1.807) is 0 Å². The highest BCUT2D eigenvalue weighted by Crippen LogP contribution is 2.41. The molecule has 0 aliphatic heterocycles. The Kier molecular flexibility index (Phi) is 8.07. The number of aliphatic carboxylic acids is 2. The van der Waals surface area contributed by atoms with E-state index in [0.29, 0.717) is 37.6 Å². The van der Waals surface area contributed by atoms with Crippen molar-refractivity contribution in [1.29, 1.82) is 0 Å². The molecule has 0 spiro atoms. The molecule has 0 saturated carbocycles. The first-order valence-corrected chi connectivity index (χ1v) is 9.70. The molecule has 0 aliphatic rings. The fraction of sp³-hybridized carbons (Fsp3) is 0.391. The molecule has 2 aromatic carbocycles. The van der Waals surface area contributed by atoms with Crippen LogP contribution in [0.25, 0.3) is 0 Å². The molecule has 29 heavy (non-hydrogen) atoms. The van der Waals surface area contributed by atoms with Crippen molar-refractivity contribution >= 4 is 11.9 Å². The molecule has 0 atom stereocenters. The lowest BCUT2D eigenvalue weighted by atomic mass is 9.77. The van der Waals surface area contributed by atoms with E-state index in [4.69, 9.17) is 19.7 Å². The fourth-order valence-electron chi connectivity index (χ4n) is 3.17. The lowest BCUT2D eigenvalue weighted by Crippen LogP contribution is -2.22. The van der Waals surface area contributed by atoms with E-state index in [0.717, 1.165) is 11.1 Å². The summed E-state index contributed by atoms with van der Waals surface area (Å²) in [4.78, 5) is 21.4. The summed E-state index contributed by atoms with van der Waals surface area (Å²) in [7, 11) is 0. The van der Waals surface area contributed by atoms with E-state index >= 15 is 0 Å². The van der Waals surface area contributed by atoms with Gasteiger partial charge in [-0.15, -0.1) is 0 Å². The Morgan fingerprint density at radius 3 is 1.52 bits per heavy atom. The number of hydrogen-bond acceptors (Lipinski definition) is 4. The van der Waals surface area contributed by atoms with Gasteiger partial charge in [-0.05, 0) is 25.0 Å². The topological polar surface area (TPSA) is 93.1 Å². The van der Waals surface area contributed by atoms with Crippen molar-refractivity contribution in [3.63, 3.8) is 0 Å². The largest absolute Gasteiger partial charge is 0.493 e. The zero-order valence-corrected chi connectivity index (χ0v) is 16.9. The van der Waals surface area contributed by atoms with Crippen LogP contribution >= 0.6 is 0 Å². The highest BCUT2D eigenvalue weighted by atomic mass is 16.5. The second-order valence-electron chi connectivity index (χ2n) is 7.31. The van der Waals surface area contributed by atoms with Crippen molar-refractivity contribution in [2.24, 2.45) is 0 Å². The molecule has 6 nitrogen and oxygen atoms in total. The normalized spacial score (nSPS) is 11.1. The second-order valence-corrected chi connectivity index (χ2v) is 7.31. The van der Waals surface area contributed by atoms with Gasteiger partial charge in [0.25, 0.3) is 0 Å². The number of carboxylic acids is 2. The molecule has 0 amide bonds. The molecule has 2 rings (SSSR count). The van der Waals surface area contributed by atoms with Gasteiger partial charge in [0.15, 0.2) is 0 Å². The predicted octanol–water partition coefficient (Wildman–Crippen LogP) is 4.50. The van der Waals surface area contributed by atoms with E-state index in [-0.39, 0.29) is 12.8 Å². The van der Waals surface area contributed by atoms with Crippen LogP contribution < -0.4 is 9.47 Å². The summed E-state index contributed by atoms with van der Waals surface area (Å²) >= 11 is 0. The molecule has 0 fully saturated rings. The number of para-hydroxylation sites is 2. The summed E-state index contributed by atoms with van der Waals surface area (Å²) in [6, 6.07) is 15.4. The average molecular weight is 400 g/mol. The Hall–Kier alpha value is -3.02. The van der Waals surface area contributed by atoms with E-state index < -0.39 is 17.4 Å². The molecule has 0 aliphatic carbocycles. The maximum absolute atomic E-state index is 10.7. The summed E-state index contributed by atoms with van der Waals surface area (Å²) in [5, 5.41) is 17.6. The van der Waals surface area contributed by atoms with Crippen molar-refractivity contribution in [1.82, 2.24) is 0 Å². The van der Waals surface area contributed by atoms with E-state index in [1.807, 2.05) is 48.5 Å². The van der Waals surface area contributed by atoms with Crippen LogP contribution in [0.5, 0.6) is 11.5 Å². The van der Waals surface area contributed by atoms with Crippen LogP contribution in [0.15, 0.2) is 48.5 Å². The number of hydrogen-bond donors (Lipinski definition) is 2. The minimum Gasteiger partial charge on any atom is -0.493 e. The average Bonchev–Trinajstić information content (AvgIpc) is 2.69. The molecule has 0 radical (unpaired) electrons. The minimum atomic E-state index is -0.837. The van der Waals surface area contributed by atoms with Gasteiger partial charge in [0, 0.05) is 29.4 Å². The predicted molar refractivity (Wildman–Crippen MR) is 110 cm³/mol. The van der Waals surface area contributed by atoms with Crippen LogP contribution in [0, 0.1) is 0 Å². The fourth-order valence-corrected chi connectivity index (χ4v) is 3.17. The van der Waals surface area contributed by atoms with Gasteiger partial charge in [-0.25, -0.2) is 0 Å². The van der Waals surface area contributed by atoms with Gasteiger partial charge < -0.3 is 19.7 Å². The number of carbonyl (C=O) groups is 2. The van der Waals surface area contributed by atoms with Crippen molar-refractivity contribution in [3.05, 3.63) is 59.7 Å². The molecule has 2 aromatic rings. The molecule has 6 heteroatoms. The van der Waals surface area contributed by atoms with Gasteiger partial charge in [0.1, 0.15) is 11.5 Å². The third kappa shape index (κ3) is 6.52. The Morgan fingerprint density at radius 1 is 0.759 bits per heavy atom. The van der Waals surface area contributed by atoms with Crippen LogP contribution in [0.3, 0.4) is 0 Å². The molecule has 0 unspecified atom stereocenters. The van der Waals surface area contributed by atoms with E-state index in [2.05, 4.69) is 13.8 Å². The molecule has 0 aromatic heterocycles. The van der Waals surface area contributed by atoms with Gasteiger partial charge in [-0.3, -0.25) is 9.59 Å². The summed E-state index contributed by atoms with van der Waals surface area (Å²) in [6.45, 7) is 4.80. The van der Waals surface area contributed by atoms with Crippen molar-refractivity contribution < 1.29 is 29.3 Å². The molecule has 156 valence electrons. The number of ether oxygens (including phenoxy) is 2. The lowest BCUT2D eigenvalue weighted by molar-refractivity contribution is -0.138. The first kappa shape index (κ1) is 22.3. The van der Waals surface area contributed by atoms with Crippen LogP contribution in [0.1, 0.15) is 50.7 Å². The SMILES string of the molecule is CC(C)(c1ccccc1OCCCC(=O)O)c1ccccc1OCCCC(=O)O. The number of benzene rings is 2. The zero-order valence-electron chi connectivity index (χ0n) is 16.9. The first-order valence-electron chi connectivity index (χ1n) is 9.70. The maximum Gasteiger partial charge on any atom is 0.303 e. The summed E-state index contributed by atoms with van der Waals surface area (Å²) < 4.78 is 11.8. The van der Waals surface area contributed by atoms with Gasteiger partial charge in [0.2, 0.25) is 0 Å².